The predicted molar refractivity (Wildman–Crippen MR) is 145 cm³/mol. The van der Waals surface area contributed by atoms with Gasteiger partial charge in [-0.15, -0.1) is 0 Å². The van der Waals surface area contributed by atoms with Gasteiger partial charge in [-0.3, -0.25) is 4.79 Å². The van der Waals surface area contributed by atoms with Crippen LogP contribution in [0.4, 0.5) is 0 Å². The highest BCUT2D eigenvalue weighted by Crippen LogP contribution is 2.32. The summed E-state index contributed by atoms with van der Waals surface area (Å²) in [7, 11) is 3.13. The number of hydrogen-bond donors (Lipinski definition) is 1. The minimum absolute atomic E-state index is 0.154. The Bertz CT molecular complexity index is 1200. The number of methoxy groups -OCH3 is 2. The van der Waals surface area contributed by atoms with Crippen LogP contribution in [0.1, 0.15) is 40.4 Å². The number of nitrogens with zero attached hydrogens (tertiary/aromatic N) is 1. The molecule has 1 N–H and O–H groups in total. The van der Waals surface area contributed by atoms with Crippen molar-refractivity contribution in [2.45, 2.75) is 33.2 Å². The molecule has 0 aliphatic carbocycles. The van der Waals surface area contributed by atoms with Crippen molar-refractivity contribution in [1.82, 2.24) is 4.90 Å². The number of benzene rings is 3. The van der Waals surface area contributed by atoms with E-state index in [1.54, 1.807) is 43.4 Å². The van der Waals surface area contributed by atoms with E-state index < -0.39 is 12.6 Å². The molecule has 0 aliphatic heterocycles. The van der Waals surface area contributed by atoms with Crippen molar-refractivity contribution in [3.63, 3.8) is 0 Å². The standard InChI is InChI=1S/C30H35NO7/c1-5-37-28-16-23(13-14-25(28)38-20-29(32)33)19-31(15-9-12-22-10-7-6-8-11-22)30(34)24-17-26(35-3)21(2)27(18-24)36-4/h6-8,10-11,13-14,16-18H,5,9,12,15,19-20H2,1-4H3,(H,32,33). The van der Waals surface area contributed by atoms with Crippen molar-refractivity contribution in [3.8, 4) is 23.0 Å². The molecule has 0 aromatic heterocycles. The molecular formula is C30H35NO7. The third-order valence-electron chi connectivity index (χ3n) is 6.06. The number of rotatable bonds is 14. The third kappa shape index (κ3) is 7.65. The Hall–Kier alpha value is -4.20. The number of aryl methyl sites for hydroxylation is 1. The van der Waals surface area contributed by atoms with Crippen molar-refractivity contribution in [2.24, 2.45) is 0 Å². The molecule has 38 heavy (non-hydrogen) atoms. The normalized spacial score (nSPS) is 10.5. The molecule has 0 heterocycles. The lowest BCUT2D eigenvalue weighted by molar-refractivity contribution is -0.139. The largest absolute Gasteiger partial charge is 0.496 e. The van der Waals surface area contributed by atoms with Gasteiger partial charge in [0, 0.05) is 24.2 Å². The first-order chi connectivity index (χ1) is 18.4. The van der Waals surface area contributed by atoms with E-state index >= 15 is 0 Å². The van der Waals surface area contributed by atoms with Gasteiger partial charge >= 0.3 is 5.97 Å². The van der Waals surface area contributed by atoms with Gasteiger partial charge in [0.1, 0.15) is 11.5 Å². The zero-order chi connectivity index (χ0) is 27.5. The lowest BCUT2D eigenvalue weighted by atomic mass is 10.1. The molecule has 0 fully saturated rings. The summed E-state index contributed by atoms with van der Waals surface area (Å²) in [5.41, 5.74) is 3.32. The number of carboxylic acid groups (broad SMARTS) is 1. The van der Waals surface area contributed by atoms with Crippen molar-refractivity contribution in [1.29, 1.82) is 0 Å². The monoisotopic (exact) mass is 521 g/mol. The zero-order valence-corrected chi connectivity index (χ0v) is 22.4. The van der Waals surface area contributed by atoms with Crippen LogP contribution >= 0.6 is 0 Å². The molecule has 1 amide bonds. The second kappa shape index (κ2) is 13.9. The number of ether oxygens (including phenoxy) is 4. The van der Waals surface area contributed by atoms with E-state index in [1.165, 1.54) is 5.56 Å². The summed E-state index contributed by atoms with van der Waals surface area (Å²) in [5, 5.41) is 8.97. The van der Waals surface area contributed by atoms with Crippen molar-refractivity contribution < 1.29 is 33.6 Å². The van der Waals surface area contributed by atoms with E-state index in [2.05, 4.69) is 12.1 Å². The molecule has 3 aromatic carbocycles. The fourth-order valence-electron chi connectivity index (χ4n) is 4.16. The summed E-state index contributed by atoms with van der Waals surface area (Å²) in [5.74, 6) is 0.704. The first-order valence-corrected chi connectivity index (χ1v) is 12.5. The first-order valence-electron chi connectivity index (χ1n) is 12.5. The Kier molecular flexibility index (Phi) is 10.4. The first kappa shape index (κ1) is 28.4. The summed E-state index contributed by atoms with van der Waals surface area (Å²) in [6, 6.07) is 18.9. The van der Waals surface area contributed by atoms with E-state index in [1.807, 2.05) is 38.1 Å². The Labute approximate surface area is 223 Å². The number of carbonyl (C=O) groups excluding carboxylic acids is 1. The minimum Gasteiger partial charge on any atom is -0.496 e. The van der Waals surface area contributed by atoms with Gasteiger partial charge in [0.15, 0.2) is 18.1 Å². The topological polar surface area (TPSA) is 94.5 Å². The molecule has 0 bridgehead atoms. The Balaban J connectivity index is 1.89. The van der Waals surface area contributed by atoms with Gasteiger partial charge in [-0.2, -0.15) is 0 Å². The maximum Gasteiger partial charge on any atom is 0.341 e. The van der Waals surface area contributed by atoms with Gasteiger partial charge in [0.25, 0.3) is 5.91 Å². The van der Waals surface area contributed by atoms with Crippen LogP contribution < -0.4 is 18.9 Å². The maximum absolute atomic E-state index is 13.8. The molecule has 0 radical (unpaired) electrons. The minimum atomic E-state index is -1.07. The summed E-state index contributed by atoms with van der Waals surface area (Å²) in [6.07, 6.45) is 1.60. The van der Waals surface area contributed by atoms with E-state index in [9.17, 15) is 9.59 Å². The number of hydrogen-bond acceptors (Lipinski definition) is 6. The van der Waals surface area contributed by atoms with Crippen molar-refractivity contribution >= 4 is 11.9 Å². The highest BCUT2D eigenvalue weighted by molar-refractivity contribution is 5.95. The molecule has 3 aromatic rings. The lowest BCUT2D eigenvalue weighted by Crippen LogP contribution is -2.32. The van der Waals surface area contributed by atoms with Gasteiger partial charge in [0.05, 0.1) is 20.8 Å². The van der Waals surface area contributed by atoms with E-state index in [0.29, 0.717) is 48.3 Å². The second-order valence-electron chi connectivity index (χ2n) is 8.72. The molecule has 8 heteroatoms. The molecule has 0 aliphatic rings. The van der Waals surface area contributed by atoms with Gasteiger partial charge in [0.2, 0.25) is 0 Å². The molecule has 202 valence electrons. The van der Waals surface area contributed by atoms with Crippen molar-refractivity contribution in [3.05, 3.63) is 82.9 Å². The van der Waals surface area contributed by atoms with Crippen LogP contribution in [0.25, 0.3) is 0 Å². The summed E-state index contributed by atoms with van der Waals surface area (Å²) in [4.78, 5) is 26.5. The smallest absolute Gasteiger partial charge is 0.341 e. The van der Waals surface area contributed by atoms with Gasteiger partial charge in [-0.1, -0.05) is 36.4 Å². The van der Waals surface area contributed by atoms with Crippen LogP contribution in [0.3, 0.4) is 0 Å². The van der Waals surface area contributed by atoms with Crippen LogP contribution in [0, 0.1) is 6.92 Å². The van der Waals surface area contributed by atoms with Gasteiger partial charge in [-0.25, -0.2) is 4.79 Å². The molecule has 0 atom stereocenters. The van der Waals surface area contributed by atoms with Crippen LogP contribution in [-0.2, 0) is 17.8 Å². The Morgan fingerprint density at radius 1 is 0.842 bits per heavy atom. The molecule has 8 nitrogen and oxygen atoms in total. The fraction of sp³-hybridized carbons (Fsp3) is 0.333. The van der Waals surface area contributed by atoms with Gasteiger partial charge in [-0.05, 0) is 62.1 Å². The maximum atomic E-state index is 13.8. The molecular weight excluding hydrogens is 486 g/mol. The SMILES string of the molecule is CCOc1cc(CN(CCCc2ccccc2)C(=O)c2cc(OC)c(C)c(OC)c2)ccc1OCC(=O)O. The number of carbonyl (C=O) groups is 2. The predicted octanol–water partition coefficient (Wildman–Crippen LogP) is 5.15. The molecule has 0 saturated carbocycles. The molecule has 3 rings (SSSR count). The summed E-state index contributed by atoms with van der Waals surface area (Å²) >= 11 is 0. The Morgan fingerprint density at radius 3 is 2.13 bits per heavy atom. The quantitative estimate of drug-likeness (QED) is 0.314. The van der Waals surface area contributed by atoms with Crippen molar-refractivity contribution in [2.75, 3.05) is 34.0 Å². The average molecular weight is 522 g/mol. The molecule has 0 unspecified atom stereocenters. The second-order valence-corrected chi connectivity index (χ2v) is 8.72. The highest BCUT2D eigenvalue weighted by atomic mass is 16.5. The highest BCUT2D eigenvalue weighted by Gasteiger charge is 2.21. The summed E-state index contributed by atoms with van der Waals surface area (Å²) < 4.78 is 22.0. The number of amides is 1. The Morgan fingerprint density at radius 2 is 1.53 bits per heavy atom. The van der Waals surface area contributed by atoms with Crippen LogP contribution in [0.15, 0.2) is 60.7 Å². The van der Waals surface area contributed by atoms with Crippen LogP contribution in [-0.4, -0.2) is 55.9 Å². The average Bonchev–Trinajstić information content (AvgIpc) is 2.92. The van der Waals surface area contributed by atoms with E-state index in [-0.39, 0.29) is 5.91 Å². The zero-order valence-electron chi connectivity index (χ0n) is 22.4. The molecule has 0 saturated heterocycles. The fourth-order valence-corrected chi connectivity index (χ4v) is 4.16. The molecule has 0 spiro atoms. The third-order valence-corrected chi connectivity index (χ3v) is 6.06. The lowest BCUT2D eigenvalue weighted by Gasteiger charge is -2.24. The van der Waals surface area contributed by atoms with E-state index in [4.69, 9.17) is 24.1 Å². The van der Waals surface area contributed by atoms with E-state index in [0.717, 1.165) is 24.0 Å². The summed E-state index contributed by atoms with van der Waals surface area (Å²) in [6.45, 7) is 4.48. The number of carboxylic acids is 1. The van der Waals surface area contributed by atoms with Crippen LogP contribution in [0.5, 0.6) is 23.0 Å². The van der Waals surface area contributed by atoms with Crippen LogP contribution in [0.2, 0.25) is 0 Å². The number of aliphatic carboxylic acids is 1. The van der Waals surface area contributed by atoms with Gasteiger partial charge < -0.3 is 29.0 Å².